The lowest BCUT2D eigenvalue weighted by Crippen LogP contribution is -2.64. The summed E-state index contributed by atoms with van der Waals surface area (Å²) in [6.07, 6.45) is 2.34. The third-order valence-electron chi connectivity index (χ3n) is 7.71. The summed E-state index contributed by atoms with van der Waals surface area (Å²) >= 11 is 3.84. The number of hydrogen-bond donors (Lipinski definition) is 1. The minimum atomic E-state index is 0.115. The van der Waals surface area contributed by atoms with E-state index in [1.807, 2.05) is 6.07 Å². The number of hydrogen-bond acceptors (Lipinski definition) is 3. The van der Waals surface area contributed by atoms with Crippen LogP contribution in [-0.2, 0) is 23.2 Å². The maximum absolute atomic E-state index is 6.46. The molecule has 0 radical (unpaired) electrons. The Balaban J connectivity index is 1.54. The van der Waals surface area contributed by atoms with Gasteiger partial charge < -0.3 is 10.5 Å². The number of benzene rings is 2. The number of fused-ring (bicyclic) bond motifs is 4. The average molecular weight is 457 g/mol. The predicted octanol–water partition coefficient (Wildman–Crippen LogP) is 5.55. The minimum Gasteiger partial charge on any atom is -0.398 e. The third-order valence-corrected chi connectivity index (χ3v) is 8.37. The van der Waals surface area contributed by atoms with Gasteiger partial charge in [-0.2, -0.15) is 0 Å². The largest absolute Gasteiger partial charge is 0.398 e. The van der Waals surface area contributed by atoms with Crippen LogP contribution >= 0.6 is 15.9 Å². The number of nitrogens with zero attached hydrogens (tertiary/aromatic N) is 1. The molecule has 29 heavy (non-hydrogen) atoms. The van der Waals surface area contributed by atoms with Crippen LogP contribution in [-0.4, -0.2) is 30.1 Å². The minimum absolute atomic E-state index is 0.115. The normalized spacial score (nSPS) is 26.7. The van der Waals surface area contributed by atoms with Crippen molar-refractivity contribution >= 4 is 21.6 Å². The predicted molar refractivity (Wildman–Crippen MR) is 124 cm³/mol. The van der Waals surface area contributed by atoms with Crippen LogP contribution in [0.2, 0.25) is 0 Å². The molecule has 1 heterocycles. The Labute approximate surface area is 183 Å². The topological polar surface area (TPSA) is 38.5 Å². The zero-order valence-electron chi connectivity index (χ0n) is 18.0. The number of piperidine rings is 1. The maximum atomic E-state index is 6.46. The second-order valence-corrected chi connectivity index (χ2v) is 10.5. The zero-order chi connectivity index (χ0) is 20.8. The molecule has 4 rings (SSSR count). The molecule has 2 aromatic carbocycles. The highest BCUT2D eigenvalue weighted by Gasteiger charge is 2.56. The van der Waals surface area contributed by atoms with Crippen molar-refractivity contribution in [3.63, 3.8) is 0 Å². The molecular formula is C25H33BrN2O. The monoisotopic (exact) mass is 456 g/mol. The van der Waals surface area contributed by atoms with E-state index in [0.29, 0.717) is 12.6 Å². The molecule has 1 aliphatic carbocycles. The van der Waals surface area contributed by atoms with Crippen molar-refractivity contribution in [2.45, 2.75) is 64.7 Å². The summed E-state index contributed by atoms with van der Waals surface area (Å²) in [5.41, 5.74) is 11.7. The van der Waals surface area contributed by atoms with Gasteiger partial charge in [0.1, 0.15) is 0 Å². The Kier molecular flexibility index (Phi) is 5.56. The van der Waals surface area contributed by atoms with Crippen LogP contribution in [0.1, 0.15) is 50.8 Å². The van der Waals surface area contributed by atoms with Crippen LogP contribution in [0.4, 0.5) is 5.69 Å². The fourth-order valence-corrected chi connectivity index (χ4v) is 6.37. The number of likely N-dealkylation sites (tertiary alicyclic amines) is 1. The van der Waals surface area contributed by atoms with Crippen LogP contribution in [0.15, 0.2) is 46.9 Å². The molecule has 156 valence electrons. The summed E-state index contributed by atoms with van der Waals surface area (Å²) in [6, 6.07) is 15.1. The number of halogens is 1. The molecular weight excluding hydrogens is 424 g/mol. The Morgan fingerprint density at radius 2 is 1.90 bits per heavy atom. The molecule has 3 unspecified atom stereocenters. The zero-order valence-corrected chi connectivity index (χ0v) is 19.6. The lowest BCUT2D eigenvalue weighted by atomic mass is 9.51. The van der Waals surface area contributed by atoms with E-state index in [2.05, 4.69) is 84.9 Å². The fraction of sp³-hybridized carbons (Fsp3) is 0.520. The molecule has 0 aromatic heterocycles. The number of nitrogens with two attached hydrogens (primary N) is 1. The summed E-state index contributed by atoms with van der Waals surface area (Å²) in [7, 11) is 0. The van der Waals surface area contributed by atoms with Gasteiger partial charge >= 0.3 is 0 Å². The van der Waals surface area contributed by atoms with Crippen molar-refractivity contribution in [2.24, 2.45) is 5.41 Å². The van der Waals surface area contributed by atoms with Gasteiger partial charge in [-0.15, -0.1) is 0 Å². The molecule has 2 aliphatic rings. The highest BCUT2D eigenvalue weighted by molar-refractivity contribution is 9.10. The van der Waals surface area contributed by atoms with Gasteiger partial charge in [-0.25, -0.2) is 0 Å². The molecule has 1 aliphatic heterocycles. The molecule has 4 heteroatoms. The van der Waals surface area contributed by atoms with Gasteiger partial charge in [0.15, 0.2) is 0 Å². The summed E-state index contributed by atoms with van der Waals surface area (Å²) in [5, 5.41) is 0. The molecule has 3 nitrogen and oxygen atoms in total. The van der Waals surface area contributed by atoms with Gasteiger partial charge in [0, 0.05) is 28.2 Å². The lowest BCUT2D eigenvalue weighted by molar-refractivity contribution is -0.0649. The van der Waals surface area contributed by atoms with Crippen LogP contribution in [0, 0.1) is 5.41 Å². The van der Waals surface area contributed by atoms with E-state index in [1.165, 1.54) is 21.2 Å². The first-order chi connectivity index (χ1) is 13.7. The van der Waals surface area contributed by atoms with E-state index in [-0.39, 0.29) is 16.9 Å². The summed E-state index contributed by atoms with van der Waals surface area (Å²) in [5.74, 6) is 0. The van der Waals surface area contributed by atoms with Crippen molar-refractivity contribution in [2.75, 3.05) is 18.8 Å². The first kappa shape index (κ1) is 20.9. The van der Waals surface area contributed by atoms with Gasteiger partial charge in [-0.1, -0.05) is 67.0 Å². The summed E-state index contributed by atoms with van der Waals surface area (Å²) in [6.45, 7) is 12.3. The molecule has 0 spiro atoms. The molecule has 3 atom stereocenters. The molecule has 2 bridgehead atoms. The van der Waals surface area contributed by atoms with E-state index < -0.39 is 0 Å². The third kappa shape index (κ3) is 3.54. The summed E-state index contributed by atoms with van der Waals surface area (Å²) in [4.78, 5) is 2.65. The van der Waals surface area contributed by atoms with Gasteiger partial charge in [0.2, 0.25) is 0 Å². The van der Waals surface area contributed by atoms with Gasteiger partial charge in [-0.3, -0.25) is 4.90 Å². The van der Waals surface area contributed by atoms with Crippen LogP contribution in [0.25, 0.3) is 0 Å². The van der Waals surface area contributed by atoms with Gasteiger partial charge in [0.25, 0.3) is 0 Å². The Hall–Kier alpha value is -1.36. The SMILES string of the molecule is CC(CN1CCC2(C)c3c(Br)ccc(N)c3CC1C2(C)C)OCc1ccccc1. The number of ether oxygens (including phenoxy) is 1. The smallest absolute Gasteiger partial charge is 0.0721 e. The first-order valence-electron chi connectivity index (χ1n) is 10.7. The van der Waals surface area contributed by atoms with Crippen molar-refractivity contribution in [1.82, 2.24) is 4.90 Å². The average Bonchev–Trinajstić information content (AvgIpc) is 2.68. The van der Waals surface area contributed by atoms with Gasteiger partial charge in [-0.05, 0) is 60.5 Å². The van der Waals surface area contributed by atoms with Crippen molar-refractivity contribution < 1.29 is 4.74 Å². The number of anilines is 1. The van der Waals surface area contributed by atoms with Crippen LogP contribution in [0.3, 0.4) is 0 Å². The number of nitrogen functional groups attached to an aromatic ring is 1. The highest BCUT2D eigenvalue weighted by Crippen LogP contribution is 2.58. The van der Waals surface area contributed by atoms with E-state index in [1.54, 1.807) is 0 Å². The molecule has 1 fully saturated rings. The standard InChI is InChI=1S/C25H33BrN2O/c1-17(29-16-18-8-6-5-7-9-18)15-28-13-12-25(4)23-19(14-22(28)24(25,2)3)21(27)11-10-20(23)26/h5-11,17,22H,12-16,27H2,1-4H3. The lowest BCUT2D eigenvalue weighted by Gasteiger charge is -2.61. The van der Waals surface area contributed by atoms with Gasteiger partial charge in [0.05, 0.1) is 12.7 Å². The second kappa shape index (κ2) is 7.72. The van der Waals surface area contributed by atoms with Crippen LogP contribution in [0.5, 0.6) is 0 Å². The van der Waals surface area contributed by atoms with Crippen LogP contribution < -0.4 is 5.73 Å². The maximum Gasteiger partial charge on any atom is 0.0721 e. The Bertz CT molecular complexity index is 882. The van der Waals surface area contributed by atoms with Crippen molar-refractivity contribution in [3.05, 3.63) is 63.6 Å². The van der Waals surface area contributed by atoms with Crippen molar-refractivity contribution in [3.8, 4) is 0 Å². The van der Waals surface area contributed by atoms with E-state index in [0.717, 1.165) is 31.6 Å². The molecule has 0 amide bonds. The van der Waals surface area contributed by atoms with E-state index in [4.69, 9.17) is 10.5 Å². The van der Waals surface area contributed by atoms with Crippen molar-refractivity contribution in [1.29, 1.82) is 0 Å². The van der Waals surface area contributed by atoms with E-state index >= 15 is 0 Å². The fourth-order valence-electron chi connectivity index (χ4n) is 5.56. The Morgan fingerprint density at radius 3 is 2.62 bits per heavy atom. The molecule has 2 aromatic rings. The Morgan fingerprint density at radius 1 is 1.17 bits per heavy atom. The molecule has 0 saturated carbocycles. The number of rotatable bonds is 5. The summed E-state index contributed by atoms with van der Waals surface area (Å²) < 4.78 is 7.41. The molecule has 2 N–H and O–H groups in total. The molecule has 1 saturated heterocycles. The van der Waals surface area contributed by atoms with E-state index in [9.17, 15) is 0 Å². The quantitative estimate of drug-likeness (QED) is 0.599. The second-order valence-electron chi connectivity index (χ2n) is 9.62. The highest BCUT2D eigenvalue weighted by atomic mass is 79.9. The first-order valence-corrected chi connectivity index (χ1v) is 11.5.